The lowest BCUT2D eigenvalue weighted by atomic mass is 9.96. The first-order chi connectivity index (χ1) is 15.3. The average molecular weight is 491 g/mol. The van der Waals surface area contributed by atoms with Gasteiger partial charge in [0.25, 0.3) is 5.69 Å². The van der Waals surface area contributed by atoms with Crippen LogP contribution in [0, 0.1) is 10.1 Å². The molecular formula is C18H20F3N5O6S. The number of carbonyl (C=O) groups excluding carboxylic acids is 1. The van der Waals surface area contributed by atoms with Gasteiger partial charge in [-0.1, -0.05) is 12.1 Å². The third-order valence-corrected chi connectivity index (χ3v) is 7.28. The Morgan fingerprint density at radius 2 is 1.82 bits per heavy atom. The molecule has 1 fully saturated rings. The third-order valence-electron chi connectivity index (χ3n) is 5.34. The van der Waals surface area contributed by atoms with E-state index in [1.54, 1.807) is 0 Å². The van der Waals surface area contributed by atoms with E-state index in [1.807, 2.05) is 0 Å². The highest BCUT2D eigenvalue weighted by atomic mass is 32.2. The normalized spacial score (nSPS) is 17.5. The van der Waals surface area contributed by atoms with Crippen LogP contribution in [0.1, 0.15) is 12.2 Å². The molecule has 1 aliphatic heterocycles. The standard InChI is InChI=1S/C18H20F3N5O6S/c1-23-7-6-22-16(23)17(28,18(19,20)21)12-15(27)24-8-10-25(11-9-24)33(31,32)14-5-3-2-4-13(14)26(29)30/h2-7,28H,8-12H2,1H3. The van der Waals surface area contributed by atoms with Crippen LogP contribution >= 0.6 is 0 Å². The highest BCUT2D eigenvalue weighted by molar-refractivity contribution is 7.89. The minimum absolute atomic E-state index is 0.257. The third kappa shape index (κ3) is 4.56. The van der Waals surface area contributed by atoms with Gasteiger partial charge in [-0.2, -0.15) is 17.5 Å². The molecule has 1 N–H and O–H groups in total. The molecule has 0 radical (unpaired) electrons. The molecule has 180 valence electrons. The number of piperazine rings is 1. The Bertz CT molecular complexity index is 1160. The van der Waals surface area contributed by atoms with E-state index in [4.69, 9.17) is 0 Å². The zero-order valence-corrected chi connectivity index (χ0v) is 18.1. The van der Waals surface area contributed by atoms with Crippen molar-refractivity contribution in [3.8, 4) is 0 Å². The molecule has 1 saturated heterocycles. The number of benzene rings is 1. The van der Waals surface area contributed by atoms with E-state index in [9.17, 15) is 41.6 Å². The summed E-state index contributed by atoms with van der Waals surface area (Å²) in [7, 11) is -3.03. The van der Waals surface area contributed by atoms with Gasteiger partial charge >= 0.3 is 6.18 Å². The highest BCUT2D eigenvalue weighted by Crippen LogP contribution is 2.41. The summed E-state index contributed by atoms with van der Waals surface area (Å²) in [5.41, 5.74) is -4.14. The van der Waals surface area contributed by atoms with Gasteiger partial charge in [-0.05, 0) is 6.07 Å². The summed E-state index contributed by atoms with van der Waals surface area (Å²) in [5.74, 6) is -1.79. The smallest absolute Gasteiger partial charge is 0.374 e. The Balaban J connectivity index is 1.75. The molecule has 0 saturated carbocycles. The second kappa shape index (κ2) is 8.72. The van der Waals surface area contributed by atoms with E-state index in [2.05, 4.69) is 4.98 Å². The van der Waals surface area contributed by atoms with Crippen LogP contribution in [-0.4, -0.2) is 75.5 Å². The Hall–Kier alpha value is -3.04. The number of aryl methyl sites for hydroxylation is 1. The predicted octanol–water partition coefficient (Wildman–Crippen LogP) is 1.00. The van der Waals surface area contributed by atoms with Gasteiger partial charge in [0.05, 0.1) is 11.3 Å². The summed E-state index contributed by atoms with van der Waals surface area (Å²) >= 11 is 0. The summed E-state index contributed by atoms with van der Waals surface area (Å²) in [6.45, 7) is -1.08. The number of sulfonamides is 1. The molecule has 2 aromatic rings. The zero-order chi connectivity index (χ0) is 24.6. The van der Waals surface area contributed by atoms with Crippen molar-refractivity contribution in [2.75, 3.05) is 26.2 Å². The van der Waals surface area contributed by atoms with Gasteiger partial charge in [0.2, 0.25) is 21.5 Å². The van der Waals surface area contributed by atoms with Gasteiger partial charge in [0.1, 0.15) is 0 Å². The molecule has 1 aromatic carbocycles. The first-order valence-electron chi connectivity index (χ1n) is 9.57. The number of amides is 1. The van der Waals surface area contributed by atoms with Crippen LogP contribution in [0.5, 0.6) is 0 Å². The van der Waals surface area contributed by atoms with Gasteiger partial charge in [-0.25, -0.2) is 13.4 Å². The van der Waals surface area contributed by atoms with Crippen molar-refractivity contribution < 1.29 is 36.4 Å². The molecule has 1 aliphatic rings. The topological polar surface area (TPSA) is 139 Å². The number of nitro benzene ring substituents is 1. The largest absolute Gasteiger partial charge is 0.425 e. The molecule has 0 bridgehead atoms. The molecular weight excluding hydrogens is 471 g/mol. The van der Waals surface area contributed by atoms with Gasteiger partial charge in [0.15, 0.2) is 10.7 Å². The highest BCUT2D eigenvalue weighted by Gasteiger charge is 2.59. The number of hydrogen-bond donors (Lipinski definition) is 1. The van der Waals surface area contributed by atoms with E-state index in [0.29, 0.717) is 0 Å². The predicted molar refractivity (Wildman–Crippen MR) is 106 cm³/mol. The Morgan fingerprint density at radius 1 is 1.21 bits per heavy atom. The number of para-hydroxylation sites is 1. The molecule has 1 unspecified atom stereocenters. The first kappa shape index (κ1) is 24.6. The number of aliphatic hydroxyl groups is 1. The molecule has 0 aliphatic carbocycles. The molecule has 33 heavy (non-hydrogen) atoms. The molecule has 3 rings (SSSR count). The van der Waals surface area contributed by atoms with Crippen LogP contribution in [0.25, 0.3) is 0 Å². The van der Waals surface area contributed by atoms with Crippen molar-refractivity contribution in [2.45, 2.75) is 23.1 Å². The van der Waals surface area contributed by atoms with Crippen molar-refractivity contribution in [1.82, 2.24) is 18.8 Å². The maximum absolute atomic E-state index is 13.7. The summed E-state index contributed by atoms with van der Waals surface area (Å²) in [5, 5.41) is 21.6. The molecule has 15 heteroatoms. The van der Waals surface area contributed by atoms with E-state index in [0.717, 1.165) is 32.1 Å². The van der Waals surface area contributed by atoms with Crippen LogP contribution in [-0.2, 0) is 27.5 Å². The minimum atomic E-state index is -5.20. The number of carbonyl (C=O) groups is 1. The monoisotopic (exact) mass is 491 g/mol. The Kier molecular flexibility index (Phi) is 6.50. The van der Waals surface area contributed by atoms with Gasteiger partial charge in [-0.15, -0.1) is 0 Å². The van der Waals surface area contributed by atoms with E-state index >= 15 is 0 Å². The maximum Gasteiger partial charge on any atom is 0.425 e. The molecule has 1 aromatic heterocycles. The van der Waals surface area contributed by atoms with Crippen LogP contribution in [0.4, 0.5) is 18.9 Å². The number of nitrogens with zero attached hydrogens (tertiary/aromatic N) is 5. The van der Waals surface area contributed by atoms with Gasteiger partial charge < -0.3 is 14.6 Å². The second-order valence-corrected chi connectivity index (χ2v) is 9.31. The van der Waals surface area contributed by atoms with Crippen molar-refractivity contribution >= 4 is 21.6 Å². The number of halogens is 3. The lowest BCUT2D eigenvalue weighted by Crippen LogP contribution is -2.53. The average Bonchev–Trinajstić information content (AvgIpc) is 3.19. The summed E-state index contributed by atoms with van der Waals surface area (Å²) in [4.78, 5) is 27.0. The molecule has 0 spiro atoms. The van der Waals surface area contributed by atoms with E-state index in [1.165, 1.54) is 25.4 Å². The van der Waals surface area contributed by atoms with E-state index in [-0.39, 0.29) is 26.2 Å². The van der Waals surface area contributed by atoms with Gasteiger partial charge in [0, 0.05) is 51.7 Å². The van der Waals surface area contributed by atoms with E-state index < -0.39 is 55.5 Å². The quantitative estimate of drug-likeness (QED) is 0.470. The summed E-state index contributed by atoms with van der Waals surface area (Å²) < 4.78 is 68.6. The van der Waals surface area contributed by atoms with Crippen molar-refractivity contribution in [2.24, 2.45) is 7.05 Å². The molecule has 11 nitrogen and oxygen atoms in total. The van der Waals surface area contributed by atoms with Crippen molar-refractivity contribution in [3.63, 3.8) is 0 Å². The molecule has 2 heterocycles. The fraction of sp³-hybridized carbons (Fsp3) is 0.444. The van der Waals surface area contributed by atoms with Crippen LogP contribution in [0.2, 0.25) is 0 Å². The maximum atomic E-state index is 13.7. The number of imidazole rings is 1. The lowest BCUT2D eigenvalue weighted by molar-refractivity contribution is -0.387. The SMILES string of the molecule is Cn1ccnc1C(O)(CC(=O)N1CCN(S(=O)(=O)c2ccccc2[N+](=O)[O-])CC1)C(F)(F)F. The number of aromatic nitrogens is 2. The van der Waals surface area contributed by atoms with Crippen molar-refractivity contribution in [1.29, 1.82) is 0 Å². The number of nitro groups is 1. The molecule has 1 atom stereocenters. The fourth-order valence-electron chi connectivity index (χ4n) is 3.54. The fourth-order valence-corrected chi connectivity index (χ4v) is 5.12. The minimum Gasteiger partial charge on any atom is -0.374 e. The van der Waals surface area contributed by atoms with Gasteiger partial charge in [-0.3, -0.25) is 14.9 Å². The van der Waals surface area contributed by atoms with Crippen LogP contribution in [0.3, 0.4) is 0 Å². The zero-order valence-electron chi connectivity index (χ0n) is 17.3. The summed E-state index contributed by atoms with van der Waals surface area (Å²) in [6, 6.07) is 4.77. The number of hydrogen-bond acceptors (Lipinski definition) is 7. The number of alkyl halides is 3. The van der Waals surface area contributed by atoms with Crippen LogP contribution in [0.15, 0.2) is 41.6 Å². The Labute approximate surface area is 186 Å². The number of rotatable bonds is 6. The van der Waals surface area contributed by atoms with Crippen molar-refractivity contribution in [3.05, 3.63) is 52.6 Å². The van der Waals surface area contributed by atoms with Crippen LogP contribution < -0.4 is 0 Å². The Morgan fingerprint density at radius 3 is 2.33 bits per heavy atom. The summed E-state index contributed by atoms with van der Waals surface area (Å²) in [6.07, 6.45) is -4.27. The molecule has 1 amide bonds. The first-order valence-corrected chi connectivity index (χ1v) is 11.0. The second-order valence-electron chi connectivity index (χ2n) is 7.41. The lowest BCUT2D eigenvalue weighted by Gasteiger charge is -2.36.